The number of aryl methyl sites for hydroxylation is 2. The molecule has 0 fully saturated rings. The molecule has 1 aromatic carbocycles. The van der Waals surface area contributed by atoms with Gasteiger partial charge in [-0.25, -0.2) is 8.42 Å². The highest BCUT2D eigenvalue weighted by atomic mass is 32.2. The number of nitrogens with one attached hydrogen (secondary N) is 1. The summed E-state index contributed by atoms with van der Waals surface area (Å²) in [5.41, 5.74) is 6.74. The van der Waals surface area contributed by atoms with Gasteiger partial charge in [-0.2, -0.15) is 0 Å². The predicted octanol–water partition coefficient (Wildman–Crippen LogP) is 1.93. The van der Waals surface area contributed by atoms with Crippen molar-refractivity contribution in [3.8, 4) is 0 Å². The molecule has 0 atom stereocenters. The van der Waals surface area contributed by atoms with E-state index in [9.17, 15) is 8.42 Å². The third-order valence-corrected chi connectivity index (χ3v) is 4.07. The number of nitrogens with zero attached hydrogens (tertiary/aromatic N) is 1. The highest BCUT2D eigenvalue weighted by molar-refractivity contribution is 7.92. The number of nitrogen functional groups attached to an aromatic ring is 1. The highest BCUT2D eigenvalue weighted by Gasteiger charge is 2.19. The van der Waals surface area contributed by atoms with Gasteiger partial charge in [-0.1, -0.05) is 18.1 Å². The largest absolute Gasteiger partial charge is 0.399 e. The van der Waals surface area contributed by atoms with Gasteiger partial charge in [0.2, 0.25) is 0 Å². The van der Waals surface area contributed by atoms with Gasteiger partial charge in [-0.15, -0.1) is 0 Å². The Labute approximate surface area is 111 Å². The SMILES string of the molecule is CCc1ccc(N)cc1S(=O)(=O)Nc1cc(C)on1. The van der Waals surface area contributed by atoms with Crippen LogP contribution in [0.4, 0.5) is 11.5 Å². The van der Waals surface area contributed by atoms with Crippen molar-refractivity contribution >= 4 is 21.5 Å². The molecule has 0 aliphatic rings. The fourth-order valence-electron chi connectivity index (χ4n) is 1.72. The maximum atomic E-state index is 12.3. The second-order valence-electron chi connectivity index (χ2n) is 4.15. The third-order valence-electron chi connectivity index (χ3n) is 2.63. The summed E-state index contributed by atoms with van der Waals surface area (Å²) in [6.45, 7) is 3.56. The Morgan fingerprint density at radius 2 is 2.11 bits per heavy atom. The number of hydrogen-bond acceptors (Lipinski definition) is 5. The standard InChI is InChI=1S/C12H15N3O3S/c1-3-9-4-5-10(13)7-11(9)19(16,17)15-12-6-8(2)18-14-12/h4-7H,3,13H2,1-2H3,(H,14,15). The maximum Gasteiger partial charge on any atom is 0.263 e. The van der Waals surface area contributed by atoms with E-state index in [1.807, 2.05) is 6.92 Å². The van der Waals surface area contributed by atoms with Crippen LogP contribution in [0.25, 0.3) is 0 Å². The molecule has 1 aromatic heterocycles. The van der Waals surface area contributed by atoms with E-state index in [2.05, 4.69) is 9.88 Å². The predicted molar refractivity (Wildman–Crippen MR) is 72.3 cm³/mol. The van der Waals surface area contributed by atoms with E-state index in [0.29, 0.717) is 23.4 Å². The summed E-state index contributed by atoms with van der Waals surface area (Å²) in [6, 6.07) is 6.33. The number of rotatable bonds is 4. The minimum Gasteiger partial charge on any atom is -0.399 e. The molecule has 102 valence electrons. The quantitative estimate of drug-likeness (QED) is 0.834. The van der Waals surface area contributed by atoms with E-state index in [1.165, 1.54) is 12.1 Å². The Balaban J connectivity index is 2.41. The molecule has 3 N–H and O–H groups in total. The summed E-state index contributed by atoms with van der Waals surface area (Å²) in [5.74, 6) is 0.683. The first kappa shape index (κ1) is 13.4. The summed E-state index contributed by atoms with van der Waals surface area (Å²) in [5, 5.41) is 3.61. The minimum atomic E-state index is -3.72. The van der Waals surface area contributed by atoms with Crippen molar-refractivity contribution in [1.82, 2.24) is 5.16 Å². The topological polar surface area (TPSA) is 98.2 Å². The Bertz CT molecular complexity index is 692. The first-order valence-electron chi connectivity index (χ1n) is 5.77. The maximum absolute atomic E-state index is 12.3. The molecular formula is C12H15N3O3S. The van der Waals surface area contributed by atoms with E-state index in [4.69, 9.17) is 10.3 Å². The molecule has 6 nitrogen and oxygen atoms in total. The highest BCUT2D eigenvalue weighted by Crippen LogP contribution is 2.22. The number of anilines is 2. The molecule has 0 aliphatic carbocycles. The van der Waals surface area contributed by atoms with Gasteiger partial charge in [-0.3, -0.25) is 4.72 Å². The molecule has 2 aromatic rings. The van der Waals surface area contributed by atoms with Crippen molar-refractivity contribution in [1.29, 1.82) is 0 Å². The summed E-state index contributed by atoms with van der Waals surface area (Å²) in [4.78, 5) is 0.163. The van der Waals surface area contributed by atoms with Crippen LogP contribution in [-0.2, 0) is 16.4 Å². The summed E-state index contributed by atoms with van der Waals surface area (Å²) < 4.78 is 31.8. The Kier molecular flexibility index (Phi) is 3.48. The second-order valence-corrected chi connectivity index (χ2v) is 5.80. The van der Waals surface area contributed by atoms with Crippen LogP contribution in [0.15, 0.2) is 33.7 Å². The van der Waals surface area contributed by atoms with Crippen LogP contribution < -0.4 is 10.5 Å². The van der Waals surface area contributed by atoms with Gasteiger partial charge in [0.15, 0.2) is 5.82 Å². The lowest BCUT2D eigenvalue weighted by Crippen LogP contribution is -2.15. The van der Waals surface area contributed by atoms with Gasteiger partial charge < -0.3 is 10.3 Å². The molecule has 0 aliphatic heterocycles. The lowest BCUT2D eigenvalue weighted by atomic mass is 10.1. The molecule has 7 heteroatoms. The van der Waals surface area contributed by atoms with Crippen LogP contribution in [0.1, 0.15) is 18.2 Å². The number of benzene rings is 1. The summed E-state index contributed by atoms with van der Waals surface area (Å²) in [7, 11) is -3.72. The van der Waals surface area contributed by atoms with Crippen LogP contribution in [0, 0.1) is 6.92 Å². The number of hydrogen-bond donors (Lipinski definition) is 2. The number of nitrogens with two attached hydrogens (primary N) is 1. The molecule has 0 saturated heterocycles. The summed E-state index contributed by atoms with van der Waals surface area (Å²) >= 11 is 0. The van der Waals surface area contributed by atoms with E-state index in [-0.39, 0.29) is 10.7 Å². The molecule has 0 unspecified atom stereocenters. The average molecular weight is 281 g/mol. The monoisotopic (exact) mass is 281 g/mol. The molecule has 0 bridgehead atoms. The first-order valence-corrected chi connectivity index (χ1v) is 7.25. The van der Waals surface area contributed by atoms with E-state index in [0.717, 1.165) is 0 Å². The first-order chi connectivity index (χ1) is 8.92. The van der Waals surface area contributed by atoms with Crippen LogP contribution in [0.2, 0.25) is 0 Å². The van der Waals surface area contributed by atoms with Gasteiger partial charge in [0.25, 0.3) is 10.0 Å². The molecule has 19 heavy (non-hydrogen) atoms. The van der Waals surface area contributed by atoms with Crippen molar-refractivity contribution in [3.05, 3.63) is 35.6 Å². The zero-order valence-electron chi connectivity index (χ0n) is 10.7. The van der Waals surface area contributed by atoms with Gasteiger partial charge in [0.1, 0.15) is 5.76 Å². The van der Waals surface area contributed by atoms with Gasteiger partial charge >= 0.3 is 0 Å². The van der Waals surface area contributed by atoms with Gasteiger partial charge in [-0.05, 0) is 31.0 Å². The van der Waals surface area contributed by atoms with E-state index in [1.54, 1.807) is 19.1 Å². The zero-order valence-corrected chi connectivity index (χ0v) is 11.5. The molecule has 0 radical (unpaired) electrons. The normalized spacial score (nSPS) is 11.5. The van der Waals surface area contributed by atoms with Crippen LogP contribution in [0.3, 0.4) is 0 Å². The zero-order chi connectivity index (χ0) is 14.0. The molecular weight excluding hydrogens is 266 g/mol. The fourth-order valence-corrected chi connectivity index (χ4v) is 3.05. The summed E-state index contributed by atoms with van der Waals surface area (Å²) in [6.07, 6.45) is 0.592. The van der Waals surface area contributed by atoms with Crippen molar-refractivity contribution < 1.29 is 12.9 Å². The number of sulfonamides is 1. The Morgan fingerprint density at radius 1 is 1.37 bits per heavy atom. The second kappa shape index (κ2) is 4.93. The molecule has 1 heterocycles. The van der Waals surface area contributed by atoms with Crippen molar-refractivity contribution in [2.24, 2.45) is 0 Å². The van der Waals surface area contributed by atoms with Gasteiger partial charge in [0.05, 0.1) is 4.90 Å². The molecule has 0 saturated carbocycles. The fraction of sp³-hybridized carbons (Fsp3) is 0.250. The smallest absolute Gasteiger partial charge is 0.263 e. The van der Waals surface area contributed by atoms with Crippen LogP contribution >= 0.6 is 0 Å². The Hall–Kier alpha value is -2.02. The molecule has 0 spiro atoms. The van der Waals surface area contributed by atoms with Crippen LogP contribution in [0.5, 0.6) is 0 Å². The lowest BCUT2D eigenvalue weighted by molar-refractivity contribution is 0.400. The number of aromatic nitrogens is 1. The van der Waals surface area contributed by atoms with Crippen LogP contribution in [-0.4, -0.2) is 13.6 Å². The van der Waals surface area contributed by atoms with Crippen molar-refractivity contribution in [2.75, 3.05) is 10.5 Å². The third kappa shape index (κ3) is 2.87. The molecule has 0 amide bonds. The van der Waals surface area contributed by atoms with Crippen molar-refractivity contribution in [2.45, 2.75) is 25.2 Å². The minimum absolute atomic E-state index is 0.155. The molecule has 2 rings (SSSR count). The van der Waals surface area contributed by atoms with E-state index < -0.39 is 10.0 Å². The van der Waals surface area contributed by atoms with Crippen molar-refractivity contribution in [3.63, 3.8) is 0 Å². The van der Waals surface area contributed by atoms with E-state index >= 15 is 0 Å². The lowest BCUT2D eigenvalue weighted by Gasteiger charge is -2.10. The average Bonchev–Trinajstić information content (AvgIpc) is 2.74. The van der Waals surface area contributed by atoms with Gasteiger partial charge in [0, 0.05) is 11.8 Å². The Morgan fingerprint density at radius 3 is 2.68 bits per heavy atom.